The lowest BCUT2D eigenvalue weighted by atomic mass is 9.99. The first kappa shape index (κ1) is 23.4. The Hall–Kier alpha value is -2.39. The summed E-state index contributed by atoms with van der Waals surface area (Å²) in [6, 6.07) is 4.23. The number of fused-ring (bicyclic) bond motifs is 2. The van der Waals surface area contributed by atoms with E-state index in [0.717, 1.165) is 51.2 Å². The van der Waals surface area contributed by atoms with Crippen molar-refractivity contribution in [3.63, 3.8) is 0 Å². The summed E-state index contributed by atoms with van der Waals surface area (Å²) in [4.78, 5) is 32.6. The van der Waals surface area contributed by atoms with Crippen molar-refractivity contribution in [2.24, 2.45) is 0 Å². The Bertz CT molecular complexity index is 1150. The lowest BCUT2D eigenvalue weighted by Crippen LogP contribution is -3.16. The molecule has 0 spiro atoms. The van der Waals surface area contributed by atoms with Crippen LogP contribution < -0.4 is 19.9 Å². The van der Waals surface area contributed by atoms with E-state index >= 15 is 0 Å². The summed E-state index contributed by atoms with van der Waals surface area (Å²) in [6.07, 6.45) is 9.51. The quantitative estimate of drug-likeness (QED) is 0.463. The number of nitrogens with zero attached hydrogens (tertiary/aromatic N) is 2. The van der Waals surface area contributed by atoms with E-state index in [2.05, 4.69) is 9.88 Å². The maximum Gasteiger partial charge on any atom is 0.262 e. The molecular formula is C25H35N4O4S+. The Balaban J connectivity index is 1.08. The molecule has 3 aliphatic rings. The molecule has 0 aliphatic carbocycles. The van der Waals surface area contributed by atoms with Gasteiger partial charge in [-0.1, -0.05) is 6.42 Å². The Kier molecular flexibility index (Phi) is 7.20. The summed E-state index contributed by atoms with van der Waals surface area (Å²) in [5, 5.41) is 0.544. The maximum atomic E-state index is 13.0. The molecule has 0 radical (unpaired) electrons. The van der Waals surface area contributed by atoms with Crippen molar-refractivity contribution in [3.8, 4) is 11.5 Å². The summed E-state index contributed by atoms with van der Waals surface area (Å²) in [5.41, 5.74) is 0.540. The number of carbonyl (C=O) groups excluding carboxylic acids is 1. The van der Waals surface area contributed by atoms with Gasteiger partial charge in [-0.15, -0.1) is 0 Å². The molecule has 1 amide bonds. The number of hydrogen-bond donors (Lipinski definition) is 2. The fraction of sp³-hybridized carbons (Fsp3) is 0.640. The highest BCUT2D eigenvalue weighted by atomic mass is 32.1. The number of rotatable bonds is 7. The molecule has 9 heteroatoms. The molecule has 3 aliphatic heterocycles. The van der Waals surface area contributed by atoms with Gasteiger partial charge in [-0.2, -0.15) is 0 Å². The Morgan fingerprint density at radius 3 is 2.56 bits per heavy atom. The first-order valence-electron chi connectivity index (χ1n) is 12.8. The minimum absolute atomic E-state index is 0.119. The predicted octanol–water partition coefficient (Wildman–Crippen LogP) is 2.41. The summed E-state index contributed by atoms with van der Waals surface area (Å²) >= 11 is 5.43. The van der Waals surface area contributed by atoms with E-state index in [0.29, 0.717) is 40.1 Å². The minimum Gasteiger partial charge on any atom is -0.454 e. The minimum atomic E-state index is -0.119. The zero-order valence-corrected chi connectivity index (χ0v) is 20.6. The van der Waals surface area contributed by atoms with Crippen molar-refractivity contribution >= 4 is 29.0 Å². The molecule has 2 saturated heterocycles. The number of nitrogens with one attached hydrogen (secondary N) is 2. The molecule has 0 bridgehead atoms. The second-order valence-electron chi connectivity index (χ2n) is 9.82. The number of aromatic amines is 1. The van der Waals surface area contributed by atoms with Gasteiger partial charge in [0.15, 0.2) is 16.3 Å². The average molecular weight is 488 g/mol. The zero-order chi connectivity index (χ0) is 23.5. The number of ether oxygens (including phenoxy) is 2. The predicted molar refractivity (Wildman–Crippen MR) is 132 cm³/mol. The molecule has 0 atom stereocenters. The molecule has 0 unspecified atom stereocenters. The number of amides is 1. The van der Waals surface area contributed by atoms with E-state index in [1.165, 1.54) is 32.4 Å². The number of likely N-dealkylation sites (tertiary alicyclic amines) is 2. The molecule has 34 heavy (non-hydrogen) atoms. The van der Waals surface area contributed by atoms with Crippen LogP contribution in [0, 0.1) is 4.77 Å². The first-order valence-corrected chi connectivity index (χ1v) is 13.2. The van der Waals surface area contributed by atoms with Crippen molar-refractivity contribution in [1.29, 1.82) is 0 Å². The van der Waals surface area contributed by atoms with Crippen LogP contribution >= 0.6 is 12.2 Å². The van der Waals surface area contributed by atoms with Crippen molar-refractivity contribution in [2.75, 3.05) is 33.0 Å². The van der Waals surface area contributed by atoms with Crippen LogP contribution in [0.1, 0.15) is 57.8 Å². The van der Waals surface area contributed by atoms with E-state index in [4.69, 9.17) is 21.7 Å². The lowest BCUT2D eigenvalue weighted by Gasteiger charge is -2.37. The monoisotopic (exact) mass is 487 g/mol. The Morgan fingerprint density at radius 2 is 1.79 bits per heavy atom. The highest BCUT2D eigenvalue weighted by Crippen LogP contribution is 2.34. The van der Waals surface area contributed by atoms with Crippen molar-refractivity contribution < 1.29 is 19.2 Å². The van der Waals surface area contributed by atoms with Gasteiger partial charge in [0.25, 0.3) is 5.56 Å². The van der Waals surface area contributed by atoms with Crippen LogP contribution in [0.3, 0.4) is 0 Å². The smallest absolute Gasteiger partial charge is 0.262 e. The number of quaternary nitrogens is 1. The van der Waals surface area contributed by atoms with Gasteiger partial charge in [-0.05, 0) is 50.4 Å². The standard InChI is InChI=1S/C25H34N4O4S/c30-23(28-13-8-18(9-14-28)27-10-4-2-5-11-27)7-3-1-6-12-29-24(31)19-15-21-22(33-17-32-21)16-20(19)26-25(29)34/h15-16,18H,1-14,17H2,(H,26,34)/p+1. The van der Waals surface area contributed by atoms with Gasteiger partial charge >= 0.3 is 0 Å². The Labute approximate surface area is 204 Å². The molecule has 1 aromatic carbocycles. The SMILES string of the molecule is O=C(CCCCCn1c(=S)[nH]c2cc3c(cc2c1=O)OCO3)N1CCC([NH+]2CCCCC2)CC1. The lowest BCUT2D eigenvalue weighted by molar-refractivity contribution is -0.931. The highest BCUT2D eigenvalue weighted by Gasteiger charge is 2.30. The van der Waals surface area contributed by atoms with E-state index < -0.39 is 0 Å². The largest absolute Gasteiger partial charge is 0.454 e. The third-order valence-corrected chi connectivity index (χ3v) is 7.99. The van der Waals surface area contributed by atoms with Gasteiger partial charge in [-0.25, -0.2) is 0 Å². The fourth-order valence-electron chi connectivity index (χ4n) is 5.68. The van der Waals surface area contributed by atoms with E-state index in [1.54, 1.807) is 21.6 Å². The van der Waals surface area contributed by atoms with Gasteiger partial charge < -0.3 is 24.3 Å². The van der Waals surface area contributed by atoms with Gasteiger partial charge in [-0.3, -0.25) is 14.2 Å². The number of H-pyrrole nitrogens is 1. The van der Waals surface area contributed by atoms with Gasteiger partial charge in [0.05, 0.1) is 30.0 Å². The average Bonchev–Trinajstić information content (AvgIpc) is 3.32. The third kappa shape index (κ3) is 5.00. The van der Waals surface area contributed by atoms with Gasteiger partial charge in [0, 0.05) is 45.0 Å². The van der Waals surface area contributed by atoms with Crippen LogP contribution in [0.5, 0.6) is 11.5 Å². The van der Waals surface area contributed by atoms with Crippen LogP contribution in [0.4, 0.5) is 0 Å². The Morgan fingerprint density at radius 1 is 1.06 bits per heavy atom. The number of hydrogen-bond acceptors (Lipinski definition) is 5. The second kappa shape index (κ2) is 10.5. The van der Waals surface area contributed by atoms with Gasteiger partial charge in [0.2, 0.25) is 12.7 Å². The van der Waals surface area contributed by atoms with Crippen LogP contribution in [-0.4, -0.2) is 59.4 Å². The van der Waals surface area contributed by atoms with Crippen LogP contribution in [-0.2, 0) is 11.3 Å². The van der Waals surface area contributed by atoms with Gasteiger partial charge in [0.1, 0.15) is 0 Å². The highest BCUT2D eigenvalue weighted by molar-refractivity contribution is 7.71. The molecule has 8 nitrogen and oxygen atoms in total. The van der Waals surface area contributed by atoms with E-state index in [9.17, 15) is 9.59 Å². The number of unbranched alkanes of at least 4 members (excludes halogenated alkanes) is 2. The molecule has 0 saturated carbocycles. The molecule has 2 fully saturated rings. The van der Waals surface area contributed by atoms with Crippen LogP contribution in [0.2, 0.25) is 0 Å². The first-order chi connectivity index (χ1) is 16.6. The molecule has 2 aromatic rings. The molecule has 5 rings (SSSR count). The van der Waals surface area contributed by atoms with Crippen molar-refractivity contribution in [2.45, 2.75) is 70.4 Å². The molecule has 184 valence electrons. The zero-order valence-electron chi connectivity index (χ0n) is 19.8. The van der Waals surface area contributed by atoms with E-state index in [1.807, 2.05) is 0 Å². The van der Waals surface area contributed by atoms with Crippen molar-refractivity contribution in [3.05, 3.63) is 27.3 Å². The number of aromatic nitrogens is 2. The summed E-state index contributed by atoms with van der Waals surface area (Å²) in [7, 11) is 0. The van der Waals surface area contributed by atoms with E-state index in [-0.39, 0.29) is 18.3 Å². The summed E-state index contributed by atoms with van der Waals surface area (Å²) < 4.78 is 12.8. The fourth-order valence-corrected chi connectivity index (χ4v) is 5.96. The second-order valence-corrected chi connectivity index (χ2v) is 10.2. The normalized spacial score (nSPS) is 19.1. The summed E-state index contributed by atoms with van der Waals surface area (Å²) in [6.45, 7) is 5.15. The topological polar surface area (TPSA) is 81.0 Å². The number of carbonyl (C=O) groups is 1. The molecule has 2 N–H and O–H groups in total. The van der Waals surface area contributed by atoms with Crippen molar-refractivity contribution in [1.82, 2.24) is 14.5 Å². The number of piperidine rings is 2. The molecule has 1 aromatic heterocycles. The molecule has 4 heterocycles. The maximum absolute atomic E-state index is 13.0. The number of benzene rings is 1. The molecular weight excluding hydrogens is 452 g/mol. The summed E-state index contributed by atoms with van der Waals surface area (Å²) in [5.74, 6) is 1.49. The van der Waals surface area contributed by atoms with Crippen LogP contribution in [0.15, 0.2) is 16.9 Å². The van der Waals surface area contributed by atoms with Crippen LogP contribution in [0.25, 0.3) is 10.9 Å². The third-order valence-electron chi connectivity index (χ3n) is 7.67.